The van der Waals surface area contributed by atoms with Crippen LogP contribution >= 0.6 is 0 Å². The summed E-state index contributed by atoms with van der Waals surface area (Å²) in [6.45, 7) is 8.01. The second kappa shape index (κ2) is 11.6. The average Bonchev–Trinajstić information content (AvgIpc) is 2.66. The molecule has 0 radical (unpaired) electrons. The Bertz CT molecular complexity index is 605. The molecule has 0 unspecified atom stereocenters. The first-order valence-electron chi connectivity index (χ1n) is 9.99. The SMILES string of the molecule is CCCCCCCOC(=O)C(CC)(CC)C(=O)Oc1cc(C)ccc1OC. The zero-order valence-electron chi connectivity index (χ0n) is 17.4. The average molecular weight is 379 g/mol. The second-order valence-corrected chi connectivity index (χ2v) is 6.88. The van der Waals surface area contributed by atoms with E-state index in [0.29, 0.717) is 30.9 Å². The molecule has 0 aromatic heterocycles. The Labute approximate surface area is 163 Å². The van der Waals surface area contributed by atoms with Gasteiger partial charge in [0.05, 0.1) is 13.7 Å². The van der Waals surface area contributed by atoms with E-state index in [0.717, 1.165) is 24.8 Å². The number of esters is 2. The quantitative estimate of drug-likeness (QED) is 0.216. The molecule has 1 aromatic carbocycles. The summed E-state index contributed by atoms with van der Waals surface area (Å²) in [7, 11) is 1.52. The number of unbranched alkanes of at least 4 members (excludes halogenated alkanes) is 4. The molecule has 0 N–H and O–H groups in total. The van der Waals surface area contributed by atoms with Gasteiger partial charge in [-0.25, -0.2) is 0 Å². The molecule has 27 heavy (non-hydrogen) atoms. The summed E-state index contributed by atoms with van der Waals surface area (Å²) in [6, 6.07) is 5.34. The molecule has 0 saturated heterocycles. The number of methoxy groups -OCH3 is 1. The maximum absolute atomic E-state index is 12.9. The van der Waals surface area contributed by atoms with Crippen LogP contribution in [0.1, 0.15) is 71.3 Å². The number of benzene rings is 1. The van der Waals surface area contributed by atoms with Crippen LogP contribution in [0, 0.1) is 12.3 Å². The molecule has 1 rings (SSSR count). The van der Waals surface area contributed by atoms with Crippen LogP contribution in [0.25, 0.3) is 0 Å². The maximum Gasteiger partial charge on any atom is 0.328 e. The fourth-order valence-electron chi connectivity index (χ4n) is 2.98. The van der Waals surface area contributed by atoms with E-state index < -0.39 is 17.4 Å². The van der Waals surface area contributed by atoms with Crippen molar-refractivity contribution in [3.8, 4) is 11.5 Å². The molecule has 0 spiro atoms. The summed E-state index contributed by atoms with van der Waals surface area (Å²) in [5, 5.41) is 0. The maximum atomic E-state index is 12.9. The minimum Gasteiger partial charge on any atom is -0.493 e. The van der Waals surface area contributed by atoms with E-state index in [4.69, 9.17) is 14.2 Å². The molecule has 0 saturated carbocycles. The van der Waals surface area contributed by atoms with E-state index in [1.807, 2.05) is 13.0 Å². The van der Waals surface area contributed by atoms with E-state index in [1.165, 1.54) is 20.0 Å². The zero-order chi connectivity index (χ0) is 20.3. The van der Waals surface area contributed by atoms with E-state index in [1.54, 1.807) is 26.0 Å². The Kier molecular flexibility index (Phi) is 9.90. The van der Waals surface area contributed by atoms with Crippen LogP contribution < -0.4 is 9.47 Å². The normalized spacial score (nSPS) is 11.1. The summed E-state index contributed by atoms with van der Waals surface area (Å²) in [5.74, 6) is -0.313. The van der Waals surface area contributed by atoms with E-state index in [9.17, 15) is 9.59 Å². The van der Waals surface area contributed by atoms with Crippen molar-refractivity contribution in [1.82, 2.24) is 0 Å². The number of hydrogen-bond acceptors (Lipinski definition) is 5. The zero-order valence-corrected chi connectivity index (χ0v) is 17.4. The lowest BCUT2D eigenvalue weighted by Crippen LogP contribution is -2.42. The predicted octanol–water partition coefficient (Wildman–Crippen LogP) is 5.23. The van der Waals surface area contributed by atoms with Gasteiger partial charge in [-0.05, 0) is 43.9 Å². The van der Waals surface area contributed by atoms with Crippen molar-refractivity contribution in [2.45, 2.75) is 72.6 Å². The molecule has 5 heteroatoms. The highest BCUT2D eigenvalue weighted by Crippen LogP contribution is 2.34. The summed E-state index contributed by atoms with van der Waals surface area (Å²) in [6.07, 6.45) is 5.98. The third-order valence-electron chi connectivity index (χ3n) is 4.99. The third kappa shape index (κ3) is 6.26. The number of ether oxygens (including phenoxy) is 3. The van der Waals surface area contributed by atoms with E-state index in [2.05, 4.69) is 6.92 Å². The largest absolute Gasteiger partial charge is 0.493 e. The van der Waals surface area contributed by atoms with Crippen LogP contribution in [-0.2, 0) is 14.3 Å². The van der Waals surface area contributed by atoms with E-state index in [-0.39, 0.29) is 0 Å². The highest BCUT2D eigenvalue weighted by Gasteiger charge is 2.46. The minimum absolute atomic E-state index is 0.321. The molecule has 0 heterocycles. The fourth-order valence-corrected chi connectivity index (χ4v) is 2.98. The third-order valence-corrected chi connectivity index (χ3v) is 4.99. The predicted molar refractivity (Wildman–Crippen MR) is 106 cm³/mol. The highest BCUT2D eigenvalue weighted by molar-refractivity contribution is 6.00. The molecule has 0 bridgehead atoms. The Balaban J connectivity index is 2.81. The first-order chi connectivity index (χ1) is 12.9. The summed E-state index contributed by atoms with van der Waals surface area (Å²) >= 11 is 0. The summed E-state index contributed by atoms with van der Waals surface area (Å²) < 4.78 is 16.3. The molecule has 152 valence electrons. The van der Waals surface area contributed by atoms with Gasteiger partial charge < -0.3 is 14.2 Å². The molecule has 1 aromatic rings. The summed E-state index contributed by atoms with van der Waals surface area (Å²) in [4.78, 5) is 25.6. The van der Waals surface area contributed by atoms with E-state index >= 15 is 0 Å². The van der Waals surface area contributed by atoms with Crippen LogP contribution in [0.5, 0.6) is 11.5 Å². The van der Waals surface area contributed by atoms with Crippen molar-refractivity contribution >= 4 is 11.9 Å². The lowest BCUT2D eigenvalue weighted by molar-refractivity contribution is -0.168. The van der Waals surface area contributed by atoms with Gasteiger partial charge in [0.1, 0.15) is 0 Å². The standard InChI is InChI=1S/C22H34O5/c1-6-9-10-11-12-15-26-20(23)22(7-2,8-3)21(24)27-19-16-17(4)13-14-18(19)25-5/h13-14,16H,6-12,15H2,1-5H3. The molecule has 0 atom stereocenters. The smallest absolute Gasteiger partial charge is 0.328 e. The number of carbonyl (C=O) groups excluding carboxylic acids is 2. The molecular weight excluding hydrogens is 344 g/mol. The minimum atomic E-state index is -1.29. The van der Waals surface area contributed by atoms with Gasteiger partial charge in [-0.2, -0.15) is 0 Å². The van der Waals surface area contributed by atoms with Crippen LogP contribution in [0.2, 0.25) is 0 Å². The monoisotopic (exact) mass is 378 g/mol. The van der Waals surface area contributed by atoms with Crippen LogP contribution in [0.4, 0.5) is 0 Å². The van der Waals surface area contributed by atoms with Crippen molar-refractivity contribution < 1.29 is 23.8 Å². The van der Waals surface area contributed by atoms with Crippen molar-refractivity contribution in [2.24, 2.45) is 5.41 Å². The van der Waals surface area contributed by atoms with Gasteiger partial charge in [0.25, 0.3) is 0 Å². The van der Waals surface area contributed by atoms with Crippen molar-refractivity contribution in [1.29, 1.82) is 0 Å². The van der Waals surface area contributed by atoms with Gasteiger partial charge in [0.2, 0.25) is 0 Å². The number of rotatable bonds is 12. The van der Waals surface area contributed by atoms with Gasteiger partial charge in [0.15, 0.2) is 16.9 Å². The van der Waals surface area contributed by atoms with Gasteiger partial charge in [0, 0.05) is 0 Å². The highest BCUT2D eigenvalue weighted by atomic mass is 16.6. The molecule has 5 nitrogen and oxygen atoms in total. The molecular formula is C22H34O5. The van der Waals surface area contributed by atoms with Gasteiger partial charge in [-0.3, -0.25) is 9.59 Å². The number of aryl methyl sites for hydroxylation is 1. The number of hydrogen-bond donors (Lipinski definition) is 0. The summed E-state index contributed by atoms with van der Waals surface area (Å²) in [5.41, 5.74) is -0.357. The first-order valence-corrected chi connectivity index (χ1v) is 9.99. The lowest BCUT2D eigenvalue weighted by atomic mass is 9.82. The first kappa shape index (κ1) is 23.0. The Morgan fingerprint density at radius 3 is 2.19 bits per heavy atom. The molecule has 0 aliphatic carbocycles. The Hall–Kier alpha value is -2.04. The van der Waals surface area contributed by atoms with Gasteiger partial charge in [-0.1, -0.05) is 52.5 Å². The van der Waals surface area contributed by atoms with Gasteiger partial charge >= 0.3 is 11.9 Å². The van der Waals surface area contributed by atoms with Crippen LogP contribution in [-0.4, -0.2) is 25.7 Å². The Morgan fingerprint density at radius 2 is 1.59 bits per heavy atom. The molecule has 0 aliphatic heterocycles. The molecule has 0 fully saturated rings. The fraction of sp³-hybridized carbons (Fsp3) is 0.636. The topological polar surface area (TPSA) is 61.8 Å². The second-order valence-electron chi connectivity index (χ2n) is 6.88. The Morgan fingerprint density at radius 1 is 0.926 bits per heavy atom. The molecule has 0 aliphatic rings. The van der Waals surface area contributed by atoms with Crippen LogP contribution in [0.3, 0.4) is 0 Å². The van der Waals surface area contributed by atoms with Gasteiger partial charge in [-0.15, -0.1) is 0 Å². The van der Waals surface area contributed by atoms with Crippen LogP contribution in [0.15, 0.2) is 18.2 Å². The number of carbonyl (C=O) groups is 2. The lowest BCUT2D eigenvalue weighted by Gasteiger charge is -2.27. The van der Waals surface area contributed by atoms with Crippen molar-refractivity contribution in [2.75, 3.05) is 13.7 Å². The van der Waals surface area contributed by atoms with Crippen molar-refractivity contribution in [3.63, 3.8) is 0 Å². The van der Waals surface area contributed by atoms with Crippen molar-refractivity contribution in [3.05, 3.63) is 23.8 Å². The molecule has 0 amide bonds.